The highest BCUT2D eigenvalue weighted by atomic mass is 32.1. The normalized spacial score (nSPS) is 21.7. The Morgan fingerprint density at radius 2 is 1.74 bits per heavy atom. The average Bonchev–Trinajstić information content (AvgIpc) is 3.52. The molecule has 0 bridgehead atoms. The van der Waals surface area contributed by atoms with Gasteiger partial charge < -0.3 is 26.6 Å². The Morgan fingerprint density at radius 1 is 1.11 bits per heavy atom. The van der Waals surface area contributed by atoms with Gasteiger partial charge in [0.25, 0.3) is 5.91 Å². The first kappa shape index (κ1) is 36.9. The summed E-state index contributed by atoms with van der Waals surface area (Å²) in [6.45, 7) is 19.0. The van der Waals surface area contributed by atoms with E-state index in [2.05, 4.69) is 27.5 Å². The van der Waals surface area contributed by atoms with Crippen LogP contribution in [0.4, 0.5) is 4.79 Å². The van der Waals surface area contributed by atoms with Gasteiger partial charge in [0.2, 0.25) is 23.4 Å². The van der Waals surface area contributed by atoms with Crippen LogP contribution in [0.3, 0.4) is 0 Å². The zero-order valence-electron chi connectivity index (χ0n) is 28.3. The molecule has 1 unspecified atom stereocenters. The quantitative estimate of drug-likeness (QED) is 0.135. The molecule has 2 fully saturated rings. The van der Waals surface area contributed by atoms with E-state index >= 15 is 0 Å². The molecule has 1 aromatic heterocycles. The van der Waals surface area contributed by atoms with Crippen molar-refractivity contribution in [2.75, 3.05) is 6.54 Å². The molecule has 254 valence electrons. The first-order chi connectivity index (χ1) is 21.4. The molecule has 1 aromatic rings. The molecule has 2 aliphatic rings. The highest BCUT2D eigenvalue weighted by Gasteiger charge is 2.51. The minimum atomic E-state index is -1.13. The minimum absolute atomic E-state index is 0.106. The van der Waals surface area contributed by atoms with E-state index in [1.165, 1.54) is 16.2 Å². The third-order valence-electron chi connectivity index (χ3n) is 8.86. The van der Waals surface area contributed by atoms with Gasteiger partial charge in [-0.1, -0.05) is 73.0 Å². The molecule has 2 heterocycles. The molecule has 3 rings (SSSR count). The van der Waals surface area contributed by atoms with Gasteiger partial charge in [-0.05, 0) is 43.4 Å². The molecule has 0 radical (unpaired) electrons. The zero-order valence-corrected chi connectivity index (χ0v) is 29.1. The van der Waals surface area contributed by atoms with Gasteiger partial charge in [0.1, 0.15) is 12.1 Å². The van der Waals surface area contributed by atoms with Gasteiger partial charge in [-0.15, -0.1) is 11.3 Å². The van der Waals surface area contributed by atoms with Crippen LogP contribution in [0.1, 0.15) is 88.8 Å². The summed E-state index contributed by atoms with van der Waals surface area (Å²) in [5.74, 6) is -3.94. The number of hydrogen-bond acceptors (Lipinski definition) is 8. The predicted molar refractivity (Wildman–Crippen MR) is 176 cm³/mol. The van der Waals surface area contributed by atoms with Crippen LogP contribution in [0.25, 0.3) is 0 Å². The number of ketones is 2. The second-order valence-electron chi connectivity index (χ2n) is 14.2. The number of carbonyl (C=O) groups excluding carboxylic acids is 6. The number of carbonyl (C=O) groups is 6. The zero-order chi connectivity index (χ0) is 34.7. The molecule has 1 aliphatic carbocycles. The lowest BCUT2D eigenvalue weighted by Crippen LogP contribution is -2.61. The van der Waals surface area contributed by atoms with Crippen LogP contribution in [0.2, 0.25) is 0 Å². The Balaban J connectivity index is 1.90. The number of nitrogens with two attached hydrogens (primary N) is 1. The summed E-state index contributed by atoms with van der Waals surface area (Å²) < 4.78 is 0. The van der Waals surface area contributed by atoms with Gasteiger partial charge in [0, 0.05) is 23.5 Å². The molecule has 0 aromatic carbocycles. The molecule has 13 heteroatoms. The fourth-order valence-electron chi connectivity index (χ4n) is 6.13. The highest BCUT2D eigenvalue weighted by Crippen LogP contribution is 2.39. The maximum absolute atomic E-state index is 14.4. The summed E-state index contributed by atoms with van der Waals surface area (Å²) in [7, 11) is 0. The van der Waals surface area contributed by atoms with E-state index in [1.54, 1.807) is 33.9 Å². The van der Waals surface area contributed by atoms with Crippen molar-refractivity contribution in [3.05, 3.63) is 28.2 Å². The summed E-state index contributed by atoms with van der Waals surface area (Å²) in [6.07, 6.45) is 4.34. The lowest BCUT2D eigenvalue weighted by atomic mass is 9.83. The Labute approximate surface area is 275 Å². The maximum atomic E-state index is 14.4. The predicted octanol–water partition coefficient (Wildman–Crippen LogP) is 3.14. The van der Waals surface area contributed by atoms with Crippen LogP contribution in [-0.2, 0) is 19.2 Å². The third-order valence-corrected chi connectivity index (χ3v) is 9.79. The maximum Gasteiger partial charge on any atom is 0.316 e. The van der Waals surface area contributed by atoms with Gasteiger partial charge in [0.15, 0.2) is 5.01 Å². The van der Waals surface area contributed by atoms with E-state index in [9.17, 15) is 28.8 Å². The molecule has 5 amide bonds. The molecule has 6 atom stereocenters. The van der Waals surface area contributed by atoms with Crippen LogP contribution in [-0.4, -0.2) is 75.9 Å². The molecule has 5 N–H and O–H groups in total. The number of hydrogen-bond donors (Lipinski definition) is 4. The van der Waals surface area contributed by atoms with E-state index in [1.807, 2.05) is 27.7 Å². The molecule has 46 heavy (non-hydrogen) atoms. The number of Topliss-reactive ketones (excluding diaryl/α,β-unsaturated/α-hetero) is 2. The van der Waals surface area contributed by atoms with Crippen molar-refractivity contribution in [1.82, 2.24) is 25.8 Å². The van der Waals surface area contributed by atoms with Crippen LogP contribution >= 0.6 is 11.3 Å². The molecular weight excluding hydrogens is 608 g/mol. The van der Waals surface area contributed by atoms with Gasteiger partial charge in [0.05, 0.1) is 12.1 Å². The Bertz CT molecular complexity index is 1360. The van der Waals surface area contributed by atoms with Crippen molar-refractivity contribution < 1.29 is 28.8 Å². The number of amides is 5. The second kappa shape index (κ2) is 14.9. The standard InChI is InChI=1S/C33H50N6O6S/c1-10-20-15-39(24(22(20)16(2)3)29(43)36-21(13-19-11-12-19)25(40)28(34)42)31(44)27(33(7,8)9)38-32(45)37-23(17(4)5)26(41)30-35-14-18(6)46-30/h14,17,19-24,27H,2,10-13,15H2,1,3-9H3,(H2,34,42)(H,36,43)(H2,37,38,45)/t20-,21?,22-,23-,24-,27+/m0/s1. The van der Waals surface area contributed by atoms with Crippen LogP contribution in [0, 0.1) is 36.0 Å². The van der Waals surface area contributed by atoms with Crippen molar-refractivity contribution in [1.29, 1.82) is 0 Å². The summed E-state index contributed by atoms with van der Waals surface area (Å²) in [4.78, 5) is 86.1. The number of aryl methyl sites for hydroxylation is 1. The van der Waals surface area contributed by atoms with Gasteiger partial charge in [-0.25, -0.2) is 9.78 Å². The van der Waals surface area contributed by atoms with Crippen molar-refractivity contribution in [2.45, 2.75) is 105 Å². The van der Waals surface area contributed by atoms with Crippen LogP contribution in [0.5, 0.6) is 0 Å². The molecule has 1 aliphatic heterocycles. The SMILES string of the molecule is C=C(C)[C@H]1[C@@H](CC)CN(C(=O)[C@@H](NC(=O)N[C@H](C(=O)c2ncc(C)s2)C(C)C)C(C)(C)C)[C@@H]1C(=O)NC(CC1CC1)C(=O)C(N)=O. The molecular formula is C33H50N6O6S. The average molecular weight is 659 g/mol. The summed E-state index contributed by atoms with van der Waals surface area (Å²) in [5.41, 5.74) is 5.22. The van der Waals surface area contributed by atoms with E-state index in [0.717, 1.165) is 17.7 Å². The number of nitrogens with zero attached hydrogens (tertiary/aromatic N) is 2. The number of thiazole rings is 1. The largest absolute Gasteiger partial charge is 0.363 e. The topological polar surface area (TPSA) is 181 Å². The Hall–Kier alpha value is -3.61. The lowest BCUT2D eigenvalue weighted by molar-refractivity contribution is -0.144. The van der Waals surface area contributed by atoms with Crippen molar-refractivity contribution in [2.24, 2.45) is 34.8 Å². The fourth-order valence-corrected chi connectivity index (χ4v) is 6.87. The molecule has 12 nitrogen and oxygen atoms in total. The first-order valence-corrected chi connectivity index (χ1v) is 16.8. The van der Waals surface area contributed by atoms with E-state index in [-0.39, 0.29) is 35.1 Å². The van der Waals surface area contributed by atoms with Crippen LogP contribution in [0.15, 0.2) is 18.3 Å². The third kappa shape index (κ3) is 8.80. The highest BCUT2D eigenvalue weighted by molar-refractivity contribution is 7.13. The molecule has 1 saturated carbocycles. The second-order valence-corrected chi connectivity index (χ2v) is 15.5. The van der Waals surface area contributed by atoms with Crippen molar-refractivity contribution in [3.63, 3.8) is 0 Å². The van der Waals surface area contributed by atoms with Crippen LogP contribution < -0.4 is 21.7 Å². The van der Waals surface area contributed by atoms with Gasteiger partial charge in [-0.3, -0.25) is 24.0 Å². The van der Waals surface area contributed by atoms with E-state index in [4.69, 9.17) is 5.73 Å². The number of aromatic nitrogens is 1. The number of nitrogens with one attached hydrogen (secondary N) is 3. The lowest BCUT2D eigenvalue weighted by Gasteiger charge is -2.37. The number of urea groups is 1. The smallest absolute Gasteiger partial charge is 0.316 e. The summed E-state index contributed by atoms with van der Waals surface area (Å²) in [6, 6.07) is -4.77. The fraction of sp³-hybridized carbons (Fsp3) is 0.667. The monoisotopic (exact) mass is 658 g/mol. The van der Waals surface area contributed by atoms with E-state index < -0.39 is 65.0 Å². The first-order valence-electron chi connectivity index (χ1n) is 16.0. The number of primary amides is 1. The molecule has 0 spiro atoms. The molecule has 1 saturated heterocycles. The summed E-state index contributed by atoms with van der Waals surface area (Å²) >= 11 is 1.25. The Morgan fingerprint density at radius 3 is 2.20 bits per heavy atom. The Kier molecular flexibility index (Phi) is 11.9. The van der Waals surface area contributed by atoms with E-state index in [0.29, 0.717) is 18.4 Å². The van der Waals surface area contributed by atoms with Crippen molar-refractivity contribution >= 4 is 46.7 Å². The number of likely N-dealkylation sites (tertiary alicyclic amines) is 1. The van der Waals surface area contributed by atoms with Gasteiger partial charge >= 0.3 is 6.03 Å². The number of rotatable bonds is 14. The summed E-state index contributed by atoms with van der Waals surface area (Å²) in [5, 5.41) is 8.58. The minimum Gasteiger partial charge on any atom is -0.363 e. The van der Waals surface area contributed by atoms with Crippen molar-refractivity contribution in [3.8, 4) is 0 Å². The van der Waals surface area contributed by atoms with Gasteiger partial charge in [-0.2, -0.15) is 0 Å².